The molecule has 1 aliphatic rings. The molecule has 0 aromatic carbocycles. The lowest BCUT2D eigenvalue weighted by molar-refractivity contribution is 0.0541. The van der Waals surface area contributed by atoms with Crippen molar-refractivity contribution in [2.45, 2.75) is 37.9 Å². The summed E-state index contributed by atoms with van der Waals surface area (Å²) in [6.45, 7) is 0. The van der Waals surface area contributed by atoms with Crippen molar-refractivity contribution in [1.29, 1.82) is 0 Å². The van der Waals surface area contributed by atoms with Gasteiger partial charge < -0.3 is 10.2 Å². The van der Waals surface area contributed by atoms with Gasteiger partial charge in [0.05, 0.1) is 12.2 Å². The highest BCUT2D eigenvalue weighted by Gasteiger charge is 2.15. The maximum absolute atomic E-state index is 8.92. The SMILES string of the molecule is Cl.OC1CCC(O)CC1. The molecule has 0 aliphatic heterocycles. The van der Waals surface area contributed by atoms with Crippen molar-refractivity contribution in [3.63, 3.8) is 0 Å². The summed E-state index contributed by atoms with van der Waals surface area (Å²) in [6.07, 6.45) is 2.83. The molecular weight excluding hydrogens is 140 g/mol. The number of hydrogen-bond donors (Lipinski definition) is 2. The predicted octanol–water partition coefficient (Wildman–Crippen LogP) is 0.704. The second kappa shape index (κ2) is 4.09. The molecule has 2 nitrogen and oxygen atoms in total. The first-order valence-electron chi connectivity index (χ1n) is 3.15. The minimum absolute atomic E-state index is 0. The largest absolute Gasteiger partial charge is 0.393 e. The highest BCUT2D eigenvalue weighted by atomic mass is 35.5. The van der Waals surface area contributed by atoms with E-state index in [0.29, 0.717) is 0 Å². The molecule has 1 fully saturated rings. The Balaban J connectivity index is 0.000000640. The molecule has 3 heteroatoms. The highest BCUT2D eigenvalue weighted by molar-refractivity contribution is 5.85. The van der Waals surface area contributed by atoms with Crippen molar-refractivity contribution in [2.75, 3.05) is 0 Å². The summed E-state index contributed by atoms with van der Waals surface area (Å²) in [7, 11) is 0. The predicted molar refractivity (Wildman–Crippen MR) is 37.7 cm³/mol. The van der Waals surface area contributed by atoms with E-state index in [2.05, 4.69) is 0 Å². The second-order valence-electron chi connectivity index (χ2n) is 2.46. The zero-order valence-corrected chi connectivity index (χ0v) is 6.10. The molecule has 56 valence electrons. The van der Waals surface area contributed by atoms with Gasteiger partial charge >= 0.3 is 0 Å². The number of aliphatic hydroxyl groups is 2. The molecule has 1 aliphatic carbocycles. The third kappa shape index (κ3) is 3.04. The minimum Gasteiger partial charge on any atom is -0.393 e. The molecule has 0 amide bonds. The van der Waals surface area contributed by atoms with E-state index >= 15 is 0 Å². The maximum atomic E-state index is 8.92. The van der Waals surface area contributed by atoms with Gasteiger partial charge in [-0.3, -0.25) is 0 Å². The van der Waals surface area contributed by atoms with Gasteiger partial charge in [-0.05, 0) is 25.7 Å². The van der Waals surface area contributed by atoms with Gasteiger partial charge in [0.15, 0.2) is 0 Å². The molecule has 0 aromatic heterocycles. The van der Waals surface area contributed by atoms with Gasteiger partial charge in [0.2, 0.25) is 0 Å². The lowest BCUT2D eigenvalue weighted by Crippen LogP contribution is -2.21. The van der Waals surface area contributed by atoms with E-state index in [1.165, 1.54) is 0 Å². The van der Waals surface area contributed by atoms with Crippen LogP contribution in [0.1, 0.15) is 25.7 Å². The zero-order chi connectivity index (χ0) is 5.98. The molecule has 0 saturated heterocycles. The first-order valence-corrected chi connectivity index (χ1v) is 3.15. The first-order chi connectivity index (χ1) is 3.79. The molecule has 1 rings (SSSR count). The number of halogens is 1. The summed E-state index contributed by atoms with van der Waals surface area (Å²) in [5.74, 6) is 0. The van der Waals surface area contributed by atoms with E-state index in [1.54, 1.807) is 0 Å². The van der Waals surface area contributed by atoms with Gasteiger partial charge in [-0.15, -0.1) is 12.4 Å². The molecular formula is C6H13ClO2. The molecule has 0 heterocycles. The summed E-state index contributed by atoms with van der Waals surface area (Å²) < 4.78 is 0. The van der Waals surface area contributed by atoms with Crippen LogP contribution in [0.2, 0.25) is 0 Å². The van der Waals surface area contributed by atoms with Crippen molar-refractivity contribution in [2.24, 2.45) is 0 Å². The lowest BCUT2D eigenvalue weighted by Gasteiger charge is -2.20. The van der Waals surface area contributed by atoms with Crippen molar-refractivity contribution in [3.8, 4) is 0 Å². The maximum Gasteiger partial charge on any atom is 0.0542 e. The average molecular weight is 153 g/mol. The molecule has 0 aromatic rings. The fraction of sp³-hybridized carbons (Fsp3) is 1.00. The Bertz CT molecular complexity index is 59.5. The molecule has 0 atom stereocenters. The molecule has 0 unspecified atom stereocenters. The highest BCUT2D eigenvalue weighted by Crippen LogP contribution is 2.17. The fourth-order valence-corrected chi connectivity index (χ4v) is 1.06. The van der Waals surface area contributed by atoms with Crippen molar-refractivity contribution in [1.82, 2.24) is 0 Å². The molecule has 0 bridgehead atoms. The normalized spacial score (nSPS) is 35.3. The topological polar surface area (TPSA) is 40.5 Å². The second-order valence-corrected chi connectivity index (χ2v) is 2.46. The van der Waals surface area contributed by atoms with E-state index in [0.717, 1.165) is 25.7 Å². The summed E-state index contributed by atoms with van der Waals surface area (Å²) in [4.78, 5) is 0. The van der Waals surface area contributed by atoms with Crippen LogP contribution in [0.3, 0.4) is 0 Å². The summed E-state index contributed by atoms with van der Waals surface area (Å²) >= 11 is 0. The van der Waals surface area contributed by atoms with Crippen LogP contribution in [-0.2, 0) is 0 Å². The fourth-order valence-electron chi connectivity index (χ4n) is 1.06. The van der Waals surface area contributed by atoms with Crippen LogP contribution in [-0.4, -0.2) is 22.4 Å². The Morgan fingerprint density at radius 2 is 1.00 bits per heavy atom. The van der Waals surface area contributed by atoms with Gasteiger partial charge in [-0.1, -0.05) is 0 Å². The third-order valence-corrected chi connectivity index (χ3v) is 1.67. The van der Waals surface area contributed by atoms with E-state index in [9.17, 15) is 0 Å². The minimum atomic E-state index is -0.140. The summed E-state index contributed by atoms with van der Waals surface area (Å²) in [5.41, 5.74) is 0. The Kier molecular flexibility index (Phi) is 4.19. The quantitative estimate of drug-likeness (QED) is 0.537. The van der Waals surface area contributed by atoms with Crippen LogP contribution in [0.15, 0.2) is 0 Å². The first kappa shape index (κ1) is 9.21. The zero-order valence-electron chi connectivity index (χ0n) is 5.29. The van der Waals surface area contributed by atoms with Crippen LogP contribution in [0, 0.1) is 0 Å². The van der Waals surface area contributed by atoms with Crippen LogP contribution in [0.4, 0.5) is 0 Å². The van der Waals surface area contributed by atoms with Crippen LogP contribution in [0.25, 0.3) is 0 Å². The Morgan fingerprint density at radius 3 is 1.22 bits per heavy atom. The van der Waals surface area contributed by atoms with Gasteiger partial charge in [0, 0.05) is 0 Å². The van der Waals surface area contributed by atoms with Gasteiger partial charge in [-0.25, -0.2) is 0 Å². The monoisotopic (exact) mass is 152 g/mol. The number of aliphatic hydroxyl groups excluding tert-OH is 2. The molecule has 0 radical (unpaired) electrons. The van der Waals surface area contributed by atoms with Crippen molar-refractivity contribution in [3.05, 3.63) is 0 Å². The van der Waals surface area contributed by atoms with E-state index < -0.39 is 0 Å². The Morgan fingerprint density at radius 1 is 0.778 bits per heavy atom. The standard InChI is InChI=1S/C6H12O2.ClH/c7-5-1-2-6(8)4-3-5;/h5-8H,1-4H2;1H. The molecule has 9 heavy (non-hydrogen) atoms. The van der Waals surface area contributed by atoms with Gasteiger partial charge in [0.25, 0.3) is 0 Å². The van der Waals surface area contributed by atoms with E-state index in [-0.39, 0.29) is 24.6 Å². The smallest absolute Gasteiger partial charge is 0.0542 e. The summed E-state index contributed by atoms with van der Waals surface area (Å²) in [6, 6.07) is 0. The van der Waals surface area contributed by atoms with Gasteiger partial charge in [-0.2, -0.15) is 0 Å². The Labute approximate surface area is 61.3 Å². The van der Waals surface area contributed by atoms with Crippen LogP contribution < -0.4 is 0 Å². The average Bonchev–Trinajstić information content (AvgIpc) is 1.77. The lowest BCUT2D eigenvalue weighted by atomic mass is 9.95. The van der Waals surface area contributed by atoms with E-state index in [1.807, 2.05) is 0 Å². The molecule has 1 saturated carbocycles. The van der Waals surface area contributed by atoms with Crippen LogP contribution >= 0.6 is 12.4 Å². The molecule has 2 N–H and O–H groups in total. The van der Waals surface area contributed by atoms with E-state index in [4.69, 9.17) is 10.2 Å². The molecule has 0 spiro atoms. The number of hydrogen-bond acceptors (Lipinski definition) is 2. The number of rotatable bonds is 0. The van der Waals surface area contributed by atoms with Gasteiger partial charge in [0.1, 0.15) is 0 Å². The Hall–Kier alpha value is 0.210. The summed E-state index contributed by atoms with van der Waals surface area (Å²) in [5, 5.41) is 17.8. The van der Waals surface area contributed by atoms with Crippen molar-refractivity contribution < 1.29 is 10.2 Å². The van der Waals surface area contributed by atoms with Crippen LogP contribution in [0.5, 0.6) is 0 Å². The third-order valence-electron chi connectivity index (χ3n) is 1.67. The van der Waals surface area contributed by atoms with Crippen molar-refractivity contribution >= 4 is 12.4 Å².